The molecule has 0 aromatic rings. The molecule has 0 amide bonds. The van der Waals surface area contributed by atoms with Gasteiger partial charge in [-0.2, -0.15) is 0 Å². The van der Waals surface area contributed by atoms with Crippen molar-refractivity contribution in [2.75, 3.05) is 6.61 Å². The molecule has 4 aliphatic carbocycles. The van der Waals surface area contributed by atoms with Gasteiger partial charge < -0.3 is 9.47 Å². The molecule has 7 nitrogen and oxygen atoms in total. The van der Waals surface area contributed by atoms with Gasteiger partial charge in [0.1, 0.15) is 5.78 Å². The van der Waals surface area contributed by atoms with Gasteiger partial charge in [0.2, 0.25) is 5.78 Å². The first-order valence-corrected chi connectivity index (χ1v) is 11.7. The van der Waals surface area contributed by atoms with E-state index in [-0.39, 0.29) is 24.4 Å². The molecule has 0 aromatic heterocycles. The second-order valence-electron chi connectivity index (χ2n) is 10.5. The number of ketones is 3. The number of rotatable bonds is 6. The number of fused-ring (bicyclic) bond motifs is 5. The van der Waals surface area contributed by atoms with Crippen molar-refractivity contribution < 1.29 is 47.2 Å². The number of esters is 2. The minimum absolute atomic E-state index is 0.169. The highest BCUT2D eigenvalue weighted by Gasteiger charge is 2.73. The van der Waals surface area contributed by atoms with Gasteiger partial charge in [-0.25, -0.2) is 0 Å². The van der Waals surface area contributed by atoms with Gasteiger partial charge >= 0.3 is 11.9 Å². The molecule has 0 saturated heterocycles. The Kier molecular flexibility index (Phi) is 3.91. The van der Waals surface area contributed by atoms with Gasteiger partial charge in [-0.15, -0.1) is 0 Å². The average molecular weight is 495 g/mol. The summed E-state index contributed by atoms with van der Waals surface area (Å²) in [5, 5.41) is 0. The lowest BCUT2D eigenvalue weighted by Crippen LogP contribution is -2.63. The largest absolute Gasteiger partial charge is 0.457 e. The molecule has 3 fully saturated rings. The summed E-state index contributed by atoms with van der Waals surface area (Å²) in [6.07, 6.45) is -1.74. The highest BCUT2D eigenvalue weighted by molar-refractivity contribution is 6.02. The Morgan fingerprint density at radius 1 is 1.17 bits per heavy atom. The van der Waals surface area contributed by atoms with Gasteiger partial charge in [0.15, 0.2) is 18.0 Å². The molecule has 0 aromatic carbocycles. The molecule has 0 aliphatic heterocycles. The molecule has 4 aliphatic rings. The summed E-state index contributed by atoms with van der Waals surface area (Å²) < 4.78 is 86.3. The third kappa shape index (κ3) is 3.64. The molecule has 190 valence electrons. The fourth-order valence-electron chi connectivity index (χ4n) is 7.66. The number of hydrogen-bond donors (Lipinski definition) is 0. The van der Waals surface area contributed by atoms with Crippen LogP contribution in [0.3, 0.4) is 0 Å². The van der Waals surface area contributed by atoms with Crippen LogP contribution in [-0.4, -0.2) is 41.5 Å². The summed E-state index contributed by atoms with van der Waals surface area (Å²) in [6.45, 7) is -3.35. The van der Waals surface area contributed by atoms with Crippen molar-refractivity contribution >= 4 is 29.3 Å². The summed E-state index contributed by atoms with van der Waals surface area (Å²) in [6, 6.07) is 0. The van der Waals surface area contributed by atoms with Gasteiger partial charge in [0, 0.05) is 55.5 Å². The topological polar surface area (TPSA) is 104 Å². The molecule has 7 atom stereocenters. The molecular formula is C28H36O7. The highest BCUT2D eigenvalue weighted by atomic mass is 16.6. The van der Waals surface area contributed by atoms with E-state index in [1.165, 1.54) is 26.0 Å². The molecule has 0 heterocycles. The number of carbonyl (C=O) groups is 5. The number of ether oxygens (including phenoxy) is 2. The van der Waals surface area contributed by atoms with Crippen LogP contribution < -0.4 is 0 Å². The third-order valence-electron chi connectivity index (χ3n) is 9.00. The normalized spacial score (nSPS) is 45.5. The van der Waals surface area contributed by atoms with Crippen LogP contribution in [0.25, 0.3) is 0 Å². The summed E-state index contributed by atoms with van der Waals surface area (Å²) in [5.41, 5.74) is -3.95. The van der Waals surface area contributed by atoms with Crippen LogP contribution in [0.4, 0.5) is 0 Å². The average Bonchev–Trinajstić information content (AvgIpc) is 3.12. The minimum Gasteiger partial charge on any atom is -0.457 e. The van der Waals surface area contributed by atoms with Crippen molar-refractivity contribution in [1.82, 2.24) is 0 Å². The molecule has 0 radical (unpaired) electrons. The maximum atomic E-state index is 14.2. The Morgan fingerprint density at radius 3 is 2.60 bits per heavy atom. The van der Waals surface area contributed by atoms with Crippen LogP contribution in [0.1, 0.15) is 86.6 Å². The Bertz CT molecular complexity index is 1400. The molecule has 0 N–H and O–H groups in total. The quantitative estimate of drug-likeness (QED) is 0.515. The van der Waals surface area contributed by atoms with Crippen LogP contribution >= 0.6 is 0 Å². The molecular weight excluding hydrogens is 448 g/mol. The predicted octanol–water partition coefficient (Wildman–Crippen LogP) is 3.93. The first-order chi connectivity index (χ1) is 20.3. The molecule has 4 rings (SSSR count). The number of hydrogen-bond acceptors (Lipinski definition) is 7. The number of Topliss-reactive ketones (excluding diaryl/α,β-unsaturated/α-hetero) is 2. The van der Waals surface area contributed by atoms with E-state index in [0.29, 0.717) is 12.8 Å². The maximum Gasteiger partial charge on any atom is 0.306 e. The second-order valence-corrected chi connectivity index (χ2v) is 10.5. The third-order valence-corrected chi connectivity index (χ3v) is 9.00. The zero-order valence-electron chi connectivity index (χ0n) is 29.9. The molecule has 35 heavy (non-hydrogen) atoms. The van der Waals surface area contributed by atoms with E-state index in [2.05, 4.69) is 0 Å². The van der Waals surface area contributed by atoms with E-state index in [9.17, 15) is 24.0 Å². The van der Waals surface area contributed by atoms with Crippen molar-refractivity contribution in [1.29, 1.82) is 0 Å². The van der Waals surface area contributed by atoms with Gasteiger partial charge in [0.25, 0.3) is 0 Å². The fraction of sp³-hybridized carbons (Fsp3) is 0.679. The van der Waals surface area contributed by atoms with Gasteiger partial charge in [-0.05, 0) is 43.3 Å². The lowest BCUT2D eigenvalue weighted by Gasteiger charge is -2.57. The van der Waals surface area contributed by atoms with E-state index in [0.717, 1.165) is 5.57 Å². The SMILES string of the molecule is [2H]C([2H])([2H])C([2H])([2H])C(=O)OCC(=O)[C@@]1(OC(=O)C([2H])([2H])C([2H])([2H])[2H])[C@@H](C)C[C@H]2[C@@H]3CCC4=CC(=O)C=C[C@]4(C)[C@H]3C(=O)C[C@@]21C. The van der Waals surface area contributed by atoms with Crippen molar-refractivity contribution in [3.8, 4) is 0 Å². The van der Waals surface area contributed by atoms with E-state index >= 15 is 0 Å². The predicted molar refractivity (Wildman–Crippen MR) is 127 cm³/mol. The Hall–Kier alpha value is -2.57. The zero-order chi connectivity index (χ0) is 34.3. The first-order valence-electron chi connectivity index (χ1n) is 16.7. The Balaban J connectivity index is 1.79. The summed E-state index contributed by atoms with van der Waals surface area (Å²) in [4.78, 5) is 66.2. The van der Waals surface area contributed by atoms with Crippen LogP contribution in [0.5, 0.6) is 0 Å². The van der Waals surface area contributed by atoms with Crippen molar-refractivity contribution in [3.05, 3.63) is 23.8 Å². The highest BCUT2D eigenvalue weighted by Crippen LogP contribution is 2.68. The van der Waals surface area contributed by atoms with Gasteiger partial charge in [-0.1, -0.05) is 46.1 Å². The standard InChI is InChI=1S/C28H36O7/c1-6-23(32)34-15-22(31)28(35-24(33)7-2)16(3)12-20-19-9-8-17-13-18(29)10-11-26(17,4)25(19)21(30)14-27(20,28)5/h10-11,13,16,19-20,25H,6-9,12,14-15H2,1-5H3/t16-,19-,20-,25+,26-,27-,28-/m0/s1/i1D3,2D3,6D2,7D2. The molecule has 3 saturated carbocycles. The van der Waals surface area contributed by atoms with E-state index in [1.54, 1.807) is 6.08 Å². The molecule has 0 spiro atoms. The Morgan fingerprint density at radius 2 is 1.89 bits per heavy atom. The van der Waals surface area contributed by atoms with E-state index in [4.69, 9.17) is 23.2 Å². The van der Waals surface area contributed by atoms with Crippen LogP contribution in [0, 0.1) is 34.5 Å². The van der Waals surface area contributed by atoms with E-state index in [1.807, 2.05) is 6.92 Å². The fourth-order valence-corrected chi connectivity index (χ4v) is 7.66. The van der Waals surface area contributed by atoms with Gasteiger partial charge in [0.05, 0.1) is 0 Å². The van der Waals surface area contributed by atoms with Crippen LogP contribution in [-0.2, 0) is 33.4 Å². The van der Waals surface area contributed by atoms with Crippen molar-refractivity contribution in [2.24, 2.45) is 34.5 Å². The van der Waals surface area contributed by atoms with Crippen molar-refractivity contribution in [3.63, 3.8) is 0 Å². The number of carbonyl (C=O) groups excluding carboxylic acids is 5. The maximum absolute atomic E-state index is 14.2. The lowest BCUT2D eigenvalue weighted by molar-refractivity contribution is -0.197. The minimum atomic E-state index is -3.58. The lowest BCUT2D eigenvalue weighted by atomic mass is 9.46. The second kappa shape index (κ2) is 8.82. The smallest absolute Gasteiger partial charge is 0.306 e. The van der Waals surface area contributed by atoms with E-state index < -0.39 is 90.9 Å². The van der Waals surface area contributed by atoms with Crippen LogP contribution in [0.2, 0.25) is 0 Å². The summed E-state index contributed by atoms with van der Waals surface area (Å²) >= 11 is 0. The monoisotopic (exact) mass is 494 g/mol. The van der Waals surface area contributed by atoms with Crippen LogP contribution in [0.15, 0.2) is 23.8 Å². The molecule has 0 unspecified atom stereocenters. The first kappa shape index (κ1) is 15.5. The van der Waals surface area contributed by atoms with Crippen molar-refractivity contribution in [2.45, 2.75) is 78.5 Å². The number of allylic oxidation sites excluding steroid dienone is 4. The molecule has 0 bridgehead atoms. The summed E-state index contributed by atoms with van der Waals surface area (Å²) in [7, 11) is 0. The Labute approximate surface area is 220 Å². The van der Waals surface area contributed by atoms with Gasteiger partial charge in [-0.3, -0.25) is 24.0 Å². The zero-order valence-corrected chi connectivity index (χ0v) is 19.9. The molecule has 7 heteroatoms. The summed E-state index contributed by atoms with van der Waals surface area (Å²) in [5.74, 6) is -7.93.